The molecule has 2 aromatic carbocycles. The molecule has 1 aromatic heterocycles. The van der Waals surface area contributed by atoms with Crippen molar-refractivity contribution in [3.63, 3.8) is 0 Å². The van der Waals surface area contributed by atoms with Gasteiger partial charge >= 0.3 is 0 Å². The fraction of sp³-hybridized carbons (Fsp3) is 0.118. The monoisotopic (exact) mass is 385 g/mol. The van der Waals surface area contributed by atoms with Gasteiger partial charge in [0, 0.05) is 11.8 Å². The van der Waals surface area contributed by atoms with Gasteiger partial charge in [0.25, 0.3) is 6.43 Å². The second kappa shape index (κ2) is 6.56. The molecule has 0 saturated carbocycles. The van der Waals surface area contributed by atoms with E-state index in [2.05, 4.69) is 9.68 Å². The number of halogens is 4. The molecule has 0 aliphatic rings. The van der Waals surface area contributed by atoms with E-state index in [1.54, 1.807) is 30.3 Å². The third-order valence-electron chi connectivity index (χ3n) is 3.62. The van der Waals surface area contributed by atoms with Crippen molar-refractivity contribution >= 4 is 9.84 Å². The predicted octanol–water partition coefficient (Wildman–Crippen LogP) is 4.63. The molecule has 0 spiro atoms. The van der Waals surface area contributed by atoms with Gasteiger partial charge in [0.05, 0.1) is 5.56 Å². The second-order valence-electron chi connectivity index (χ2n) is 5.48. The average molecular weight is 385 g/mol. The van der Waals surface area contributed by atoms with Gasteiger partial charge in [0.1, 0.15) is 22.2 Å². The number of hydrogen-bond acceptors (Lipinski definition) is 4. The van der Waals surface area contributed by atoms with Crippen LogP contribution in [0.25, 0.3) is 22.4 Å². The van der Waals surface area contributed by atoms with E-state index in [1.807, 2.05) is 0 Å². The first kappa shape index (κ1) is 18.1. The number of sulfone groups is 1. The topological polar surface area (TPSA) is 60.2 Å². The molecular weight excluding hydrogens is 374 g/mol. The van der Waals surface area contributed by atoms with Crippen molar-refractivity contribution in [1.82, 2.24) is 5.16 Å². The van der Waals surface area contributed by atoms with Crippen LogP contribution in [-0.2, 0) is 9.84 Å². The first-order valence-electron chi connectivity index (χ1n) is 7.22. The average Bonchev–Trinajstić information content (AvgIpc) is 2.98. The Labute approximate surface area is 146 Å². The molecule has 0 aliphatic heterocycles. The molecule has 0 unspecified atom stereocenters. The predicted molar refractivity (Wildman–Crippen MR) is 85.4 cm³/mol. The van der Waals surface area contributed by atoms with Crippen molar-refractivity contribution < 1.29 is 30.5 Å². The van der Waals surface area contributed by atoms with E-state index < -0.39 is 38.6 Å². The van der Waals surface area contributed by atoms with Gasteiger partial charge in [-0.15, -0.1) is 0 Å². The Bertz CT molecular complexity index is 1040. The molecule has 0 bridgehead atoms. The molecule has 0 fully saturated rings. The van der Waals surface area contributed by atoms with E-state index in [4.69, 9.17) is 0 Å². The highest BCUT2D eigenvalue weighted by Crippen LogP contribution is 2.40. The number of nitrogens with zero attached hydrogens (tertiary/aromatic N) is 1. The van der Waals surface area contributed by atoms with Gasteiger partial charge in [-0.2, -0.15) is 0 Å². The lowest BCUT2D eigenvalue weighted by molar-refractivity contribution is 0.113. The van der Waals surface area contributed by atoms with Crippen LogP contribution in [0.15, 0.2) is 51.9 Å². The summed E-state index contributed by atoms with van der Waals surface area (Å²) in [5.41, 5.74) is -0.246. The Kier molecular flexibility index (Phi) is 4.57. The van der Waals surface area contributed by atoms with Crippen LogP contribution in [0, 0.1) is 11.6 Å². The highest BCUT2D eigenvalue weighted by molar-refractivity contribution is 7.90. The van der Waals surface area contributed by atoms with E-state index in [0.717, 1.165) is 0 Å². The minimum Gasteiger partial charge on any atom is -0.354 e. The fourth-order valence-corrected chi connectivity index (χ4v) is 3.41. The van der Waals surface area contributed by atoms with Crippen molar-refractivity contribution in [3.05, 3.63) is 59.9 Å². The summed E-state index contributed by atoms with van der Waals surface area (Å²) in [6.07, 6.45) is -2.44. The van der Waals surface area contributed by atoms with Gasteiger partial charge in [-0.3, -0.25) is 0 Å². The highest BCUT2D eigenvalue weighted by atomic mass is 32.2. The minimum absolute atomic E-state index is 0.0354. The maximum atomic E-state index is 14.2. The Morgan fingerprint density at radius 3 is 2.08 bits per heavy atom. The van der Waals surface area contributed by atoms with Crippen LogP contribution >= 0.6 is 0 Å². The van der Waals surface area contributed by atoms with E-state index in [9.17, 15) is 26.0 Å². The molecule has 9 heteroatoms. The molecule has 0 amide bonds. The Balaban J connectivity index is 2.29. The number of alkyl halides is 2. The number of benzene rings is 2. The zero-order valence-corrected chi connectivity index (χ0v) is 14.0. The van der Waals surface area contributed by atoms with Crippen LogP contribution in [0.5, 0.6) is 0 Å². The molecule has 136 valence electrons. The molecule has 26 heavy (non-hydrogen) atoms. The molecule has 0 saturated heterocycles. The third-order valence-corrected chi connectivity index (χ3v) is 4.75. The van der Waals surface area contributed by atoms with E-state index in [0.29, 0.717) is 24.0 Å². The van der Waals surface area contributed by atoms with Crippen molar-refractivity contribution in [2.24, 2.45) is 0 Å². The van der Waals surface area contributed by atoms with Crippen LogP contribution in [0.2, 0.25) is 0 Å². The Morgan fingerprint density at radius 2 is 1.58 bits per heavy atom. The van der Waals surface area contributed by atoms with Gasteiger partial charge in [-0.1, -0.05) is 35.5 Å². The van der Waals surface area contributed by atoms with Gasteiger partial charge in [-0.05, 0) is 17.7 Å². The number of aromatic nitrogens is 1. The SMILES string of the molecule is CS(=O)(=O)c1c(F)cc(-c2c(-c3ccccc3)noc2C(F)F)cc1F. The molecule has 1 heterocycles. The molecule has 0 radical (unpaired) electrons. The zero-order valence-electron chi connectivity index (χ0n) is 13.2. The van der Waals surface area contributed by atoms with Crippen molar-refractivity contribution in [1.29, 1.82) is 0 Å². The van der Waals surface area contributed by atoms with E-state index in [-0.39, 0.29) is 16.8 Å². The number of rotatable bonds is 4. The molecule has 0 N–H and O–H groups in total. The summed E-state index contributed by atoms with van der Waals surface area (Å²) in [6, 6.07) is 9.42. The molecular formula is C17H11F4NO3S. The molecule has 3 rings (SSSR count). The van der Waals surface area contributed by atoms with E-state index >= 15 is 0 Å². The lowest BCUT2D eigenvalue weighted by Crippen LogP contribution is -2.05. The summed E-state index contributed by atoms with van der Waals surface area (Å²) in [7, 11) is -4.18. The van der Waals surface area contributed by atoms with Crippen molar-refractivity contribution in [2.45, 2.75) is 11.3 Å². The molecule has 4 nitrogen and oxygen atoms in total. The van der Waals surface area contributed by atoms with Crippen LogP contribution in [0.1, 0.15) is 12.2 Å². The van der Waals surface area contributed by atoms with E-state index in [1.165, 1.54) is 0 Å². The summed E-state index contributed by atoms with van der Waals surface area (Å²) >= 11 is 0. The smallest absolute Gasteiger partial charge is 0.298 e. The normalized spacial score (nSPS) is 11.9. The van der Waals surface area contributed by atoms with Crippen molar-refractivity contribution in [3.8, 4) is 22.4 Å². The summed E-state index contributed by atoms with van der Waals surface area (Å²) in [4.78, 5) is -1.13. The maximum Gasteiger partial charge on any atom is 0.298 e. The fourth-order valence-electron chi connectivity index (χ4n) is 2.58. The lowest BCUT2D eigenvalue weighted by atomic mass is 9.99. The molecule has 0 atom stereocenters. The van der Waals surface area contributed by atoms with Gasteiger partial charge in [0.15, 0.2) is 9.84 Å². The third kappa shape index (κ3) is 3.22. The van der Waals surface area contributed by atoms with Crippen LogP contribution in [-0.4, -0.2) is 19.8 Å². The molecule has 0 aliphatic carbocycles. The second-order valence-corrected chi connectivity index (χ2v) is 7.43. The van der Waals surface area contributed by atoms with Gasteiger partial charge < -0.3 is 4.52 Å². The van der Waals surface area contributed by atoms with Crippen molar-refractivity contribution in [2.75, 3.05) is 6.26 Å². The summed E-state index contributed by atoms with van der Waals surface area (Å²) in [5, 5.41) is 3.60. The molecule has 3 aromatic rings. The summed E-state index contributed by atoms with van der Waals surface area (Å²) in [6.45, 7) is 0. The minimum atomic E-state index is -4.18. The Hall–Kier alpha value is -2.68. The largest absolute Gasteiger partial charge is 0.354 e. The standard InChI is InChI=1S/C17H11F4NO3S/c1-26(23,24)16-11(18)7-10(8-12(16)19)13-14(9-5-3-2-4-6-9)22-25-15(13)17(20)21/h2-8,17H,1H3. The first-order valence-corrected chi connectivity index (χ1v) is 9.12. The van der Waals surface area contributed by atoms with Crippen LogP contribution in [0.3, 0.4) is 0 Å². The van der Waals surface area contributed by atoms with Crippen LogP contribution < -0.4 is 0 Å². The van der Waals surface area contributed by atoms with Gasteiger partial charge in [0.2, 0.25) is 5.76 Å². The number of hydrogen-bond donors (Lipinski definition) is 0. The van der Waals surface area contributed by atoms with Crippen LogP contribution in [0.4, 0.5) is 17.6 Å². The summed E-state index contributed by atoms with van der Waals surface area (Å²) < 4.78 is 82.7. The lowest BCUT2D eigenvalue weighted by Gasteiger charge is -2.08. The Morgan fingerprint density at radius 1 is 1.00 bits per heavy atom. The first-order chi connectivity index (χ1) is 12.2. The summed E-state index contributed by atoms with van der Waals surface area (Å²) in [5.74, 6) is -3.64. The zero-order chi connectivity index (χ0) is 19.1. The quantitative estimate of drug-likeness (QED) is 0.615. The maximum absolute atomic E-state index is 14.2. The van der Waals surface area contributed by atoms with Gasteiger partial charge in [-0.25, -0.2) is 26.0 Å². The highest BCUT2D eigenvalue weighted by Gasteiger charge is 2.28.